The van der Waals surface area contributed by atoms with E-state index in [2.05, 4.69) is 78.1 Å². The molecule has 0 radical (unpaired) electrons. The molecule has 0 unspecified atom stereocenters. The van der Waals surface area contributed by atoms with Gasteiger partial charge in [0.1, 0.15) is 17.1 Å². The van der Waals surface area contributed by atoms with Gasteiger partial charge in [-0.25, -0.2) is 14.7 Å². The number of piperidine rings is 1. The number of aliphatic hydroxyl groups is 1. The molecule has 9 rings (SSSR count). The quantitative estimate of drug-likeness (QED) is 0.0825. The van der Waals surface area contributed by atoms with Crippen LogP contribution in [0.15, 0.2) is 89.3 Å². The number of fused-ring (bicyclic) bond motifs is 1. The number of carbonyl (C=O) groups excluding carboxylic acids is 1. The minimum Gasteiger partial charge on any atom is -0.455 e. The van der Waals surface area contributed by atoms with Gasteiger partial charge < -0.3 is 29.8 Å². The number of nitrogens with one attached hydrogen (secondary N) is 3. The number of benzene rings is 2. The maximum Gasteiger partial charge on any atom is 0.281 e. The summed E-state index contributed by atoms with van der Waals surface area (Å²) in [5.41, 5.74) is 4.19. The van der Waals surface area contributed by atoms with Gasteiger partial charge in [0.2, 0.25) is 5.82 Å². The summed E-state index contributed by atoms with van der Waals surface area (Å²) < 4.78 is 41.9. The highest BCUT2D eigenvalue weighted by molar-refractivity contribution is 7.90. The fourth-order valence-corrected chi connectivity index (χ4v) is 11.3. The number of ether oxygens (including phenoxy) is 2. The number of anilines is 2. The van der Waals surface area contributed by atoms with E-state index in [0.717, 1.165) is 75.8 Å². The molecule has 2 saturated carbocycles. The number of sulfonamides is 1. The van der Waals surface area contributed by atoms with E-state index in [9.17, 15) is 23.2 Å². The smallest absolute Gasteiger partial charge is 0.281 e. The Hall–Kier alpha value is -5.42. The molecule has 338 valence electrons. The first-order chi connectivity index (χ1) is 30.8. The Morgan fingerprint density at radius 3 is 2.58 bits per heavy atom. The van der Waals surface area contributed by atoms with Gasteiger partial charge in [0.05, 0.1) is 42.3 Å². The summed E-state index contributed by atoms with van der Waals surface area (Å²) in [5, 5.41) is 16.7. The fourth-order valence-electron chi connectivity index (χ4n) is 10.3. The number of morpholine rings is 1. The van der Waals surface area contributed by atoms with Crippen molar-refractivity contribution < 1.29 is 27.8 Å². The van der Waals surface area contributed by atoms with Gasteiger partial charge in [-0.1, -0.05) is 38.1 Å². The zero-order valence-corrected chi connectivity index (χ0v) is 37.6. The van der Waals surface area contributed by atoms with Crippen LogP contribution in [0.1, 0.15) is 106 Å². The number of aromatic nitrogens is 3. The number of aromatic amines is 1. The molecule has 5 heterocycles. The van der Waals surface area contributed by atoms with Crippen LogP contribution in [0.3, 0.4) is 0 Å². The van der Waals surface area contributed by atoms with Crippen molar-refractivity contribution in [2.24, 2.45) is 16.5 Å². The zero-order valence-electron chi connectivity index (χ0n) is 36.8. The molecular weight excluding hydrogens is 833 g/mol. The van der Waals surface area contributed by atoms with Gasteiger partial charge in [-0.3, -0.25) is 9.69 Å². The molecule has 3 aromatic heterocycles. The molecule has 1 atom stereocenters. The molecule has 2 aliphatic carbocycles. The number of hydrogen-bond donors (Lipinski definition) is 4. The third-order valence-corrected chi connectivity index (χ3v) is 15.4. The summed E-state index contributed by atoms with van der Waals surface area (Å²) in [7, 11) is -4.55. The number of pyridine rings is 2. The first-order valence-electron chi connectivity index (χ1n) is 22.6. The normalized spacial score (nSPS) is 22.9. The van der Waals surface area contributed by atoms with Crippen LogP contribution < -0.4 is 19.7 Å². The van der Waals surface area contributed by atoms with Crippen molar-refractivity contribution in [2.75, 3.05) is 49.6 Å². The molecular formula is C48H58N8O7S. The number of nitrogens with zero attached hydrogens (tertiary/aromatic N) is 5. The molecule has 5 aromatic rings. The van der Waals surface area contributed by atoms with Gasteiger partial charge in [-0.05, 0) is 128 Å². The summed E-state index contributed by atoms with van der Waals surface area (Å²) in [6, 6.07) is 21.1. The Labute approximate surface area is 374 Å². The minimum atomic E-state index is -4.55. The molecule has 2 aromatic carbocycles. The lowest BCUT2D eigenvalue weighted by Gasteiger charge is -2.57. The highest BCUT2D eigenvalue weighted by atomic mass is 32.2. The molecule has 2 aliphatic heterocycles. The topological polar surface area (TPSA) is 191 Å². The first-order valence-corrected chi connectivity index (χ1v) is 24.1. The maximum absolute atomic E-state index is 13.9. The fraction of sp³-hybridized carbons (Fsp3) is 0.479. The van der Waals surface area contributed by atoms with Crippen LogP contribution in [0.5, 0.6) is 11.5 Å². The summed E-state index contributed by atoms with van der Waals surface area (Å²) >= 11 is 0. The first kappa shape index (κ1) is 43.8. The lowest BCUT2D eigenvalue weighted by atomic mass is 9.59. The Morgan fingerprint density at radius 1 is 1.03 bits per heavy atom. The van der Waals surface area contributed by atoms with Crippen molar-refractivity contribution in [1.29, 1.82) is 0 Å². The molecule has 0 bridgehead atoms. The predicted molar refractivity (Wildman–Crippen MR) is 246 cm³/mol. The number of rotatable bonds is 13. The SMILES string of the molecule is CC(C)c1ccccc1[C@@H]1COCCN1C1CC2(CCN(c3ccc(C(=O)NS(=O)(=O)c4ccc(NCC5CCC(C)(O)CC5)c(N=O)n4)c(Oc4cnc5[nH]ccc5c4)c3)CC2)C1. The van der Waals surface area contributed by atoms with Crippen LogP contribution in [-0.2, 0) is 14.8 Å². The van der Waals surface area contributed by atoms with E-state index in [4.69, 9.17) is 9.47 Å². The third kappa shape index (κ3) is 9.23. The largest absolute Gasteiger partial charge is 0.455 e. The number of amides is 1. The molecule has 1 spiro atoms. The van der Waals surface area contributed by atoms with Crippen molar-refractivity contribution in [1.82, 2.24) is 24.6 Å². The van der Waals surface area contributed by atoms with E-state index in [0.29, 0.717) is 49.3 Å². The molecule has 4 fully saturated rings. The number of H-pyrrole nitrogens is 1. The van der Waals surface area contributed by atoms with Crippen LogP contribution in [0.4, 0.5) is 17.2 Å². The van der Waals surface area contributed by atoms with Gasteiger partial charge >= 0.3 is 0 Å². The van der Waals surface area contributed by atoms with Crippen molar-refractivity contribution in [3.8, 4) is 11.5 Å². The number of hydrogen-bond acceptors (Lipinski definition) is 13. The molecule has 4 aliphatic rings. The second kappa shape index (κ2) is 17.9. The predicted octanol–water partition coefficient (Wildman–Crippen LogP) is 8.57. The zero-order chi connectivity index (χ0) is 44.6. The van der Waals surface area contributed by atoms with Gasteiger partial charge in [-0.15, -0.1) is 4.91 Å². The monoisotopic (exact) mass is 890 g/mol. The number of carbonyl (C=O) groups is 1. The number of nitroso groups, excluding NO2 is 1. The summed E-state index contributed by atoms with van der Waals surface area (Å²) in [4.78, 5) is 42.3. The molecule has 1 amide bonds. The van der Waals surface area contributed by atoms with Gasteiger partial charge in [0.15, 0.2) is 5.03 Å². The van der Waals surface area contributed by atoms with E-state index in [1.807, 2.05) is 19.1 Å². The highest BCUT2D eigenvalue weighted by Crippen LogP contribution is 2.53. The molecule has 16 heteroatoms. The summed E-state index contributed by atoms with van der Waals surface area (Å²) in [5.74, 6) is -0.0138. The second-order valence-electron chi connectivity index (χ2n) is 18.9. The van der Waals surface area contributed by atoms with Crippen LogP contribution in [0.25, 0.3) is 11.0 Å². The van der Waals surface area contributed by atoms with E-state index in [1.165, 1.54) is 23.3 Å². The van der Waals surface area contributed by atoms with E-state index in [1.54, 1.807) is 30.6 Å². The minimum absolute atomic E-state index is 0.00519. The average molecular weight is 891 g/mol. The summed E-state index contributed by atoms with van der Waals surface area (Å²) in [6.45, 7) is 10.9. The Morgan fingerprint density at radius 2 is 1.81 bits per heavy atom. The van der Waals surface area contributed by atoms with Crippen molar-refractivity contribution in [2.45, 2.75) is 101 Å². The van der Waals surface area contributed by atoms with E-state index < -0.39 is 26.6 Å². The van der Waals surface area contributed by atoms with Crippen molar-refractivity contribution in [3.05, 3.63) is 101 Å². The van der Waals surface area contributed by atoms with E-state index in [-0.39, 0.29) is 40.2 Å². The summed E-state index contributed by atoms with van der Waals surface area (Å²) in [6.07, 6.45) is 10.7. The van der Waals surface area contributed by atoms with Crippen LogP contribution in [0.2, 0.25) is 0 Å². The highest BCUT2D eigenvalue weighted by Gasteiger charge is 2.49. The third-order valence-electron chi connectivity index (χ3n) is 14.2. The average Bonchev–Trinajstić information content (AvgIpc) is 3.76. The second-order valence-corrected chi connectivity index (χ2v) is 20.5. The Balaban J connectivity index is 0.890. The van der Waals surface area contributed by atoms with Crippen LogP contribution in [0, 0.1) is 16.2 Å². The van der Waals surface area contributed by atoms with Gasteiger partial charge in [0, 0.05) is 55.6 Å². The molecule has 4 N–H and O–H groups in total. The molecule has 2 saturated heterocycles. The van der Waals surface area contributed by atoms with Crippen molar-refractivity contribution >= 4 is 44.2 Å². The standard InChI is InChI=1S/C48H58N8O7S/c1-31(2)37-6-4-5-7-38(37)41-30-62-23-22-56(41)35-26-48(27-35)17-20-55(21-18-48)34-8-9-39(42(25-34)63-36-24-33-14-19-49-44(33)51-29-36)46(57)54-64(60,61)43-11-10-40(45(52-43)53-59)50-28-32-12-15-47(3,58)16-13-32/h4-11,14,19,24-25,29,31-32,35,41,50,58H,12-13,15-18,20-23,26-28,30H2,1-3H3,(H,49,51)(H,54,57)/t32?,41-,47?/m0/s1. The van der Waals surface area contributed by atoms with Gasteiger partial charge in [0.25, 0.3) is 15.9 Å². The van der Waals surface area contributed by atoms with E-state index >= 15 is 0 Å². The Kier molecular flexibility index (Phi) is 12.2. The van der Waals surface area contributed by atoms with Crippen LogP contribution >= 0.6 is 0 Å². The lowest BCUT2D eigenvalue weighted by Crippen LogP contribution is -2.58. The van der Waals surface area contributed by atoms with Crippen LogP contribution in [-0.4, -0.2) is 90.3 Å². The maximum atomic E-state index is 13.9. The Bertz CT molecular complexity index is 2610. The molecule has 15 nitrogen and oxygen atoms in total. The van der Waals surface area contributed by atoms with Crippen molar-refractivity contribution in [3.63, 3.8) is 0 Å². The van der Waals surface area contributed by atoms with Gasteiger partial charge in [-0.2, -0.15) is 8.42 Å². The lowest BCUT2D eigenvalue weighted by molar-refractivity contribution is -0.0912. The molecule has 64 heavy (non-hydrogen) atoms.